The van der Waals surface area contributed by atoms with Crippen LogP contribution in [0, 0.1) is 0 Å². The van der Waals surface area contributed by atoms with Gasteiger partial charge in [0.2, 0.25) is 0 Å². The van der Waals surface area contributed by atoms with Crippen molar-refractivity contribution in [2.24, 2.45) is 0 Å². The summed E-state index contributed by atoms with van der Waals surface area (Å²) in [7, 11) is 0. The average Bonchev–Trinajstić information content (AvgIpc) is 3.65. The highest BCUT2D eigenvalue weighted by Gasteiger charge is 2.52. The molecule has 1 unspecified atom stereocenters. The SMILES string of the molecule is c1ccc2c(c1)-c1c(-c3ccc4c5c(cccc35)-c3cc5ccccc5cc3O4)cccc1C21c2ccccc2-c2c1ccc1ccccc21. The molecule has 0 bridgehead atoms. The normalized spacial score (nSPS) is 15.8. The zero-order chi connectivity index (χ0) is 32.6. The maximum Gasteiger partial charge on any atom is 0.135 e. The Hall–Kier alpha value is -6.44. The predicted octanol–water partition coefficient (Wildman–Crippen LogP) is 12.9. The van der Waals surface area contributed by atoms with E-state index in [4.69, 9.17) is 4.74 Å². The van der Waals surface area contributed by atoms with E-state index < -0.39 is 5.41 Å². The molecule has 9 aromatic carbocycles. The van der Waals surface area contributed by atoms with Gasteiger partial charge in [-0.3, -0.25) is 0 Å². The van der Waals surface area contributed by atoms with Gasteiger partial charge in [0.05, 0.1) is 5.41 Å². The summed E-state index contributed by atoms with van der Waals surface area (Å²) in [5, 5.41) is 7.39. The molecule has 1 heteroatoms. The summed E-state index contributed by atoms with van der Waals surface area (Å²) in [4.78, 5) is 0. The topological polar surface area (TPSA) is 9.23 Å². The fraction of sp³-hybridized carbons (Fsp3) is 0.0204. The first-order chi connectivity index (χ1) is 24.8. The molecule has 9 aromatic rings. The second-order valence-corrected chi connectivity index (χ2v) is 13.9. The van der Waals surface area contributed by atoms with Crippen molar-refractivity contribution in [2.45, 2.75) is 5.41 Å². The van der Waals surface area contributed by atoms with Gasteiger partial charge in [-0.05, 0) is 106 Å². The van der Waals surface area contributed by atoms with E-state index in [9.17, 15) is 0 Å². The molecule has 1 spiro atoms. The summed E-state index contributed by atoms with van der Waals surface area (Å²) in [5.74, 6) is 1.83. The minimum atomic E-state index is -0.409. The van der Waals surface area contributed by atoms with Crippen LogP contribution in [0.5, 0.6) is 11.5 Å². The van der Waals surface area contributed by atoms with Crippen LogP contribution in [-0.2, 0) is 5.41 Å². The third-order valence-corrected chi connectivity index (χ3v) is 11.7. The maximum absolute atomic E-state index is 6.69. The molecular weight excluding hydrogens is 605 g/mol. The lowest BCUT2D eigenvalue weighted by atomic mass is 9.70. The number of hydrogen-bond acceptors (Lipinski definition) is 1. The third-order valence-electron chi connectivity index (χ3n) is 11.7. The molecule has 1 heterocycles. The standard InChI is InChI=1S/C49H28O/c1-2-13-31-28-45-39(27-30(31)12-1)36-18-9-17-35-33(24-26-44(50-45)48(35)36)34-19-10-22-42-47(34)38-16-6-8-21-41(38)49(42)40-20-7-5-15-37(40)46-32-14-4-3-11-29(32)23-25-43(46)49/h1-28H. The molecule has 2 aliphatic carbocycles. The Labute approximate surface area is 289 Å². The van der Waals surface area contributed by atoms with Crippen molar-refractivity contribution < 1.29 is 4.74 Å². The van der Waals surface area contributed by atoms with Gasteiger partial charge in [-0.15, -0.1) is 0 Å². The number of benzene rings is 9. The molecule has 1 aliphatic heterocycles. The highest BCUT2D eigenvalue weighted by molar-refractivity contribution is 6.14. The average molecular weight is 633 g/mol. The van der Waals surface area contributed by atoms with Gasteiger partial charge in [-0.1, -0.05) is 152 Å². The molecular formula is C49H28O. The molecule has 0 fully saturated rings. The number of ether oxygens (including phenoxy) is 1. The number of hydrogen-bond donors (Lipinski definition) is 0. The van der Waals surface area contributed by atoms with Crippen molar-refractivity contribution in [1.29, 1.82) is 0 Å². The molecule has 0 saturated heterocycles. The molecule has 12 rings (SSSR count). The van der Waals surface area contributed by atoms with Crippen molar-refractivity contribution in [3.05, 3.63) is 192 Å². The first-order valence-corrected chi connectivity index (χ1v) is 17.4. The van der Waals surface area contributed by atoms with Gasteiger partial charge in [0.15, 0.2) is 0 Å². The monoisotopic (exact) mass is 632 g/mol. The molecule has 0 amide bonds. The van der Waals surface area contributed by atoms with Crippen LogP contribution >= 0.6 is 0 Å². The van der Waals surface area contributed by atoms with E-state index in [1.54, 1.807) is 0 Å². The van der Waals surface area contributed by atoms with E-state index in [-0.39, 0.29) is 0 Å². The summed E-state index contributed by atoms with van der Waals surface area (Å²) in [6, 6.07) is 63.0. The van der Waals surface area contributed by atoms with Crippen molar-refractivity contribution in [3.63, 3.8) is 0 Å². The summed E-state index contributed by atoms with van der Waals surface area (Å²) in [6.07, 6.45) is 0. The molecule has 0 saturated carbocycles. The zero-order valence-corrected chi connectivity index (χ0v) is 27.1. The van der Waals surface area contributed by atoms with E-state index >= 15 is 0 Å². The van der Waals surface area contributed by atoms with Gasteiger partial charge in [0, 0.05) is 10.9 Å². The molecule has 0 aromatic heterocycles. The van der Waals surface area contributed by atoms with E-state index in [0.717, 1.165) is 17.1 Å². The third kappa shape index (κ3) is 3.14. The van der Waals surface area contributed by atoms with Crippen molar-refractivity contribution in [2.75, 3.05) is 0 Å². The lowest BCUT2D eigenvalue weighted by Gasteiger charge is -2.30. The summed E-state index contributed by atoms with van der Waals surface area (Å²) >= 11 is 0. The van der Waals surface area contributed by atoms with Gasteiger partial charge in [0.1, 0.15) is 11.5 Å². The van der Waals surface area contributed by atoms with E-state index in [2.05, 4.69) is 170 Å². The summed E-state index contributed by atoms with van der Waals surface area (Å²) in [6.45, 7) is 0. The predicted molar refractivity (Wildman–Crippen MR) is 206 cm³/mol. The van der Waals surface area contributed by atoms with Crippen LogP contribution < -0.4 is 4.74 Å². The smallest absolute Gasteiger partial charge is 0.135 e. The molecule has 3 aliphatic rings. The van der Waals surface area contributed by atoms with E-state index in [1.165, 1.54) is 93.5 Å². The van der Waals surface area contributed by atoms with Crippen LogP contribution in [0.15, 0.2) is 170 Å². The van der Waals surface area contributed by atoms with Crippen LogP contribution in [0.4, 0.5) is 0 Å². The van der Waals surface area contributed by atoms with Crippen LogP contribution in [0.3, 0.4) is 0 Å². The van der Waals surface area contributed by atoms with Gasteiger partial charge < -0.3 is 4.74 Å². The Morgan fingerprint density at radius 1 is 0.320 bits per heavy atom. The fourth-order valence-electron chi connectivity index (χ4n) is 9.73. The molecule has 50 heavy (non-hydrogen) atoms. The zero-order valence-electron chi connectivity index (χ0n) is 27.1. The molecule has 0 N–H and O–H groups in total. The first kappa shape index (κ1) is 26.5. The number of rotatable bonds is 1. The van der Waals surface area contributed by atoms with Gasteiger partial charge in [0.25, 0.3) is 0 Å². The molecule has 1 nitrogen and oxygen atoms in total. The lowest BCUT2D eigenvalue weighted by Crippen LogP contribution is -2.25. The Kier molecular flexibility index (Phi) is 4.97. The second-order valence-electron chi connectivity index (χ2n) is 13.9. The number of fused-ring (bicyclic) bond motifs is 15. The highest BCUT2D eigenvalue weighted by Crippen LogP contribution is 2.65. The molecule has 1 atom stereocenters. The quantitative estimate of drug-likeness (QED) is 0.175. The largest absolute Gasteiger partial charge is 0.456 e. The highest BCUT2D eigenvalue weighted by atomic mass is 16.5. The Morgan fingerprint density at radius 3 is 1.76 bits per heavy atom. The molecule has 0 radical (unpaired) electrons. The minimum absolute atomic E-state index is 0.409. The first-order valence-electron chi connectivity index (χ1n) is 17.4. The Morgan fingerprint density at radius 2 is 0.920 bits per heavy atom. The van der Waals surface area contributed by atoms with Gasteiger partial charge in [-0.2, -0.15) is 0 Å². The minimum Gasteiger partial charge on any atom is -0.456 e. The maximum atomic E-state index is 6.69. The Bertz CT molecular complexity index is 2970. The van der Waals surface area contributed by atoms with Gasteiger partial charge >= 0.3 is 0 Å². The van der Waals surface area contributed by atoms with Crippen LogP contribution in [0.2, 0.25) is 0 Å². The molecule has 230 valence electrons. The van der Waals surface area contributed by atoms with Gasteiger partial charge in [-0.25, -0.2) is 0 Å². The van der Waals surface area contributed by atoms with Crippen LogP contribution in [-0.4, -0.2) is 0 Å². The lowest BCUT2D eigenvalue weighted by molar-refractivity contribution is 0.488. The van der Waals surface area contributed by atoms with Crippen molar-refractivity contribution in [3.8, 4) is 56.0 Å². The summed E-state index contributed by atoms with van der Waals surface area (Å²) in [5.41, 5.74) is 15.2. The van der Waals surface area contributed by atoms with Crippen molar-refractivity contribution >= 4 is 32.3 Å². The second kappa shape index (κ2) is 9.37. The van der Waals surface area contributed by atoms with Crippen LogP contribution in [0.1, 0.15) is 22.3 Å². The summed E-state index contributed by atoms with van der Waals surface area (Å²) < 4.78 is 6.69. The fourth-order valence-corrected chi connectivity index (χ4v) is 9.73. The van der Waals surface area contributed by atoms with Crippen LogP contribution in [0.25, 0.3) is 76.8 Å². The van der Waals surface area contributed by atoms with E-state index in [0.29, 0.717) is 0 Å². The van der Waals surface area contributed by atoms with Crippen molar-refractivity contribution in [1.82, 2.24) is 0 Å². The van der Waals surface area contributed by atoms with E-state index in [1.807, 2.05) is 0 Å². The Balaban J connectivity index is 1.16.